The maximum absolute atomic E-state index is 11.8. The monoisotopic (exact) mass is 371 g/mol. The quantitative estimate of drug-likeness (QED) is 0.540. The molecule has 0 unspecified atom stereocenters. The molecular formula is C14H21N5OS3. The Morgan fingerprint density at radius 3 is 2.70 bits per heavy atom. The minimum absolute atomic E-state index is 0.0308. The van der Waals surface area contributed by atoms with Crippen LogP contribution in [0.3, 0.4) is 0 Å². The highest BCUT2D eigenvalue weighted by atomic mass is 32.2. The summed E-state index contributed by atoms with van der Waals surface area (Å²) in [5.74, 6) is 1.39. The van der Waals surface area contributed by atoms with Crippen molar-refractivity contribution < 1.29 is 4.79 Å². The Kier molecular flexibility index (Phi) is 7.38. The number of hydrogen-bond acceptors (Lipinski definition) is 7. The topological polar surface area (TPSA) is 72.7 Å². The zero-order valence-electron chi connectivity index (χ0n) is 13.5. The molecule has 0 saturated carbocycles. The van der Waals surface area contributed by atoms with Crippen LogP contribution in [0.25, 0.3) is 0 Å². The van der Waals surface area contributed by atoms with Gasteiger partial charge in [0, 0.05) is 18.8 Å². The molecule has 0 aliphatic heterocycles. The van der Waals surface area contributed by atoms with Crippen LogP contribution in [0.1, 0.15) is 24.7 Å². The molecule has 1 amide bonds. The summed E-state index contributed by atoms with van der Waals surface area (Å²) >= 11 is 4.65. The van der Waals surface area contributed by atoms with Crippen LogP contribution >= 0.6 is 34.9 Å². The van der Waals surface area contributed by atoms with Gasteiger partial charge in [-0.1, -0.05) is 41.8 Å². The standard InChI is InChI=1S/C14H21N5OS3/c1-4-21-13-16-17-14(23-13)22-9-12(20)15-6-5-7-19-11(3)8-10(2)18-19/h8H,4-7,9H2,1-3H3,(H,15,20). The first-order valence-corrected chi connectivity index (χ1v) is 10.2. The fourth-order valence-corrected chi connectivity index (χ4v) is 4.72. The van der Waals surface area contributed by atoms with Crippen LogP contribution in [-0.4, -0.2) is 43.9 Å². The maximum Gasteiger partial charge on any atom is 0.230 e. The third-order valence-corrected chi connectivity index (χ3v) is 6.03. The Morgan fingerprint density at radius 1 is 1.30 bits per heavy atom. The van der Waals surface area contributed by atoms with Gasteiger partial charge in [0.2, 0.25) is 5.91 Å². The molecule has 0 spiro atoms. The second-order valence-electron chi connectivity index (χ2n) is 4.91. The molecule has 0 fully saturated rings. The summed E-state index contributed by atoms with van der Waals surface area (Å²) in [5.41, 5.74) is 2.18. The summed E-state index contributed by atoms with van der Waals surface area (Å²) in [5, 5.41) is 15.5. The lowest BCUT2D eigenvalue weighted by atomic mass is 10.4. The van der Waals surface area contributed by atoms with Crippen molar-refractivity contribution in [2.24, 2.45) is 0 Å². The van der Waals surface area contributed by atoms with Gasteiger partial charge in [0.25, 0.3) is 0 Å². The summed E-state index contributed by atoms with van der Waals surface area (Å²) < 4.78 is 3.78. The van der Waals surface area contributed by atoms with Crippen LogP contribution in [-0.2, 0) is 11.3 Å². The lowest BCUT2D eigenvalue weighted by molar-refractivity contribution is -0.118. The van der Waals surface area contributed by atoms with Gasteiger partial charge in [0.15, 0.2) is 8.68 Å². The van der Waals surface area contributed by atoms with Crippen LogP contribution in [0.15, 0.2) is 14.7 Å². The number of aromatic nitrogens is 4. The number of amides is 1. The van der Waals surface area contributed by atoms with Crippen molar-refractivity contribution in [2.45, 2.75) is 42.4 Å². The average molecular weight is 372 g/mol. The van der Waals surface area contributed by atoms with Gasteiger partial charge in [-0.3, -0.25) is 9.48 Å². The van der Waals surface area contributed by atoms with Crippen molar-refractivity contribution in [1.82, 2.24) is 25.3 Å². The molecule has 2 aromatic heterocycles. The Hall–Kier alpha value is -1.06. The first-order valence-electron chi connectivity index (χ1n) is 7.45. The first kappa shape index (κ1) is 18.3. The van der Waals surface area contributed by atoms with E-state index in [-0.39, 0.29) is 5.91 Å². The molecule has 2 aromatic rings. The van der Waals surface area contributed by atoms with E-state index >= 15 is 0 Å². The SMILES string of the molecule is CCSc1nnc(SCC(=O)NCCCn2nc(C)cc2C)s1. The summed E-state index contributed by atoms with van der Waals surface area (Å²) in [6.45, 7) is 7.59. The van der Waals surface area contributed by atoms with Crippen LogP contribution in [0.2, 0.25) is 0 Å². The molecule has 9 heteroatoms. The van der Waals surface area contributed by atoms with Crippen LogP contribution in [0, 0.1) is 13.8 Å². The molecule has 0 atom stereocenters. The average Bonchev–Trinajstić information content (AvgIpc) is 3.08. The normalized spacial score (nSPS) is 10.9. The third-order valence-electron chi connectivity index (χ3n) is 2.95. The van der Waals surface area contributed by atoms with Crippen molar-refractivity contribution in [1.29, 1.82) is 0 Å². The molecule has 0 saturated heterocycles. The predicted octanol–water partition coefficient (Wildman–Crippen LogP) is 2.76. The molecule has 2 rings (SSSR count). The van der Waals surface area contributed by atoms with E-state index in [1.54, 1.807) is 23.1 Å². The summed E-state index contributed by atoms with van der Waals surface area (Å²) in [4.78, 5) is 11.8. The number of carbonyl (C=O) groups is 1. The molecule has 0 radical (unpaired) electrons. The van der Waals surface area contributed by atoms with Crippen molar-refractivity contribution in [3.05, 3.63) is 17.5 Å². The van der Waals surface area contributed by atoms with Gasteiger partial charge in [-0.25, -0.2) is 0 Å². The molecule has 126 valence electrons. The van der Waals surface area contributed by atoms with Gasteiger partial charge in [0.05, 0.1) is 11.4 Å². The lowest BCUT2D eigenvalue weighted by Gasteiger charge is -2.06. The van der Waals surface area contributed by atoms with Gasteiger partial charge in [0.1, 0.15) is 0 Å². The number of nitrogens with zero attached hydrogens (tertiary/aromatic N) is 4. The van der Waals surface area contributed by atoms with E-state index in [1.165, 1.54) is 11.8 Å². The van der Waals surface area contributed by atoms with E-state index in [0.29, 0.717) is 12.3 Å². The van der Waals surface area contributed by atoms with Crippen molar-refractivity contribution in [3.63, 3.8) is 0 Å². The largest absolute Gasteiger partial charge is 0.355 e. The van der Waals surface area contributed by atoms with E-state index in [2.05, 4.69) is 33.6 Å². The van der Waals surface area contributed by atoms with Crippen LogP contribution in [0.4, 0.5) is 0 Å². The van der Waals surface area contributed by atoms with Crippen LogP contribution in [0.5, 0.6) is 0 Å². The van der Waals surface area contributed by atoms with E-state index in [1.807, 2.05) is 18.5 Å². The van der Waals surface area contributed by atoms with Crippen molar-refractivity contribution in [2.75, 3.05) is 18.1 Å². The third kappa shape index (κ3) is 6.15. The Bertz CT molecular complexity index is 640. The molecule has 0 bridgehead atoms. The Morgan fingerprint density at radius 2 is 2.04 bits per heavy atom. The minimum atomic E-state index is 0.0308. The Balaban J connectivity index is 1.62. The fraction of sp³-hybridized carbons (Fsp3) is 0.571. The van der Waals surface area contributed by atoms with E-state index in [0.717, 1.165) is 38.8 Å². The van der Waals surface area contributed by atoms with E-state index in [4.69, 9.17) is 0 Å². The molecule has 2 heterocycles. The second kappa shape index (κ2) is 9.29. The molecule has 6 nitrogen and oxygen atoms in total. The molecule has 23 heavy (non-hydrogen) atoms. The highest BCUT2D eigenvalue weighted by Crippen LogP contribution is 2.28. The number of aryl methyl sites for hydroxylation is 3. The van der Waals surface area contributed by atoms with Crippen molar-refractivity contribution >= 4 is 40.8 Å². The van der Waals surface area contributed by atoms with Gasteiger partial charge in [-0.15, -0.1) is 10.2 Å². The minimum Gasteiger partial charge on any atom is -0.355 e. The number of rotatable bonds is 9. The highest BCUT2D eigenvalue weighted by molar-refractivity contribution is 8.03. The highest BCUT2D eigenvalue weighted by Gasteiger charge is 2.08. The number of carbonyl (C=O) groups excluding carboxylic acids is 1. The molecule has 1 N–H and O–H groups in total. The molecule has 0 aliphatic carbocycles. The number of nitrogens with one attached hydrogen (secondary N) is 1. The molecule has 0 aromatic carbocycles. The van der Waals surface area contributed by atoms with Gasteiger partial charge in [-0.05, 0) is 32.1 Å². The summed E-state index contributed by atoms with van der Waals surface area (Å²) in [6, 6.07) is 2.06. The van der Waals surface area contributed by atoms with Gasteiger partial charge in [-0.2, -0.15) is 5.10 Å². The zero-order chi connectivity index (χ0) is 16.7. The van der Waals surface area contributed by atoms with E-state index < -0.39 is 0 Å². The lowest BCUT2D eigenvalue weighted by Crippen LogP contribution is -2.27. The summed E-state index contributed by atoms with van der Waals surface area (Å²) in [6.07, 6.45) is 0.870. The summed E-state index contributed by atoms with van der Waals surface area (Å²) in [7, 11) is 0. The van der Waals surface area contributed by atoms with E-state index in [9.17, 15) is 4.79 Å². The fourth-order valence-electron chi connectivity index (χ4n) is 1.97. The van der Waals surface area contributed by atoms with Crippen molar-refractivity contribution in [3.8, 4) is 0 Å². The van der Waals surface area contributed by atoms with Gasteiger partial charge >= 0.3 is 0 Å². The number of hydrogen-bond donors (Lipinski definition) is 1. The molecule has 0 aliphatic rings. The first-order chi connectivity index (χ1) is 11.1. The van der Waals surface area contributed by atoms with Gasteiger partial charge < -0.3 is 5.32 Å². The molecular weight excluding hydrogens is 350 g/mol. The second-order valence-corrected chi connectivity index (χ2v) is 8.62. The predicted molar refractivity (Wildman–Crippen MR) is 96.4 cm³/mol. The Labute approximate surface area is 148 Å². The van der Waals surface area contributed by atoms with Crippen LogP contribution < -0.4 is 5.32 Å². The smallest absolute Gasteiger partial charge is 0.230 e. The maximum atomic E-state index is 11.8. The number of thioether (sulfide) groups is 2. The zero-order valence-corrected chi connectivity index (χ0v) is 16.0.